The van der Waals surface area contributed by atoms with Crippen molar-refractivity contribution in [2.45, 2.75) is 33.7 Å². The van der Waals surface area contributed by atoms with Crippen LogP contribution in [0.3, 0.4) is 0 Å². The second-order valence-corrected chi connectivity index (χ2v) is 7.01. The van der Waals surface area contributed by atoms with E-state index in [1.54, 1.807) is 12.4 Å². The Hall–Kier alpha value is -2.34. The Kier molecular flexibility index (Phi) is 4.32. The van der Waals surface area contributed by atoms with Crippen LogP contribution in [0.1, 0.15) is 30.8 Å². The summed E-state index contributed by atoms with van der Waals surface area (Å²) < 4.78 is 2.11. The number of thioether (sulfide) groups is 1. The maximum Gasteiger partial charge on any atom is 0.293 e. The summed E-state index contributed by atoms with van der Waals surface area (Å²) in [7, 11) is 0. The quantitative estimate of drug-likeness (QED) is 0.794. The molecule has 3 heterocycles. The van der Waals surface area contributed by atoms with Crippen molar-refractivity contribution in [1.82, 2.24) is 14.5 Å². The van der Waals surface area contributed by atoms with Crippen molar-refractivity contribution < 1.29 is 9.59 Å². The van der Waals surface area contributed by atoms with Gasteiger partial charge in [-0.3, -0.25) is 19.5 Å². The molecule has 1 saturated heterocycles. The van der Waals surface area contributed by atoms with E-state index < -0.39 is 0 Å². The zero-order valence-electron chi connectivity index (χ0n) is 14.1. The zero-order chi connectivity index (χ0) is 17.4. The number of aromatic nitrogens is 2. The molecular weight excluding hydrogens is 322 g/mol. The molecule has 0 radical (unpaired) electrons. The van der Waals surface area contributed by atoms with Crippen LogP contribution in [0, 0.1) is 13.8 Å². The predicted octanol–water partition coefficient (Wildman–Crippen LogP) is 3.93. The van der Waals surface area contributed by atoms with Gasteiger partial charge in [-0.1, -0.05) is 0 Å². The molecule has 0 aliphatic carbocycles. The molecule has 2 aromatic heterocycles. The minimum atomic E-state index is -0.214. The van der Waals surface area contributed by atoms with Crippen LogP contribution >= 0.6 is 11.8 Å². The number of imide groups is 1. The number of pyridine rings is 1. The molecule has 0 spiro atoms. The topological polar surface area (TPSA) is 55.2 Å². The summed E-state index contributed by atoms with van der Waals surface area (Å²) in [5.74, 6) is -0.214. The SMILES string of the molecule is Cc1cc(C=C2SC(=O)N(C(C)C)C2=O)c(C)n1-c1ccncc1. The van der Waals surface area contributed by atoms with E-state index in [9.17, 15) is 9.59 Å². The van der Waals surface area contributed by atoms with Crippen LogP contribution in [0.15, 0.2) is 35.5 Å². The molecule has 24 heavy (non-hydrogen) atoms. The Morgan fingerprint density at radius 1 is 1.17 bits per heavy atom. The molecule has 2 aromatic rings. The highest BCUT2D eigenvalue weighted by Gasteiger charge is 2.36. The summed E-state index contributed by atoms with van der Waals surface area (Å²) in [6.45, 7) is 7.71. The Bertz CT molecular complexity index is 837. The average molecular weight is 341 g/mol. The predicted molar refractivity (Wildman–Crippen MR) is 96.0 cm³/mol. The number of carbonyl (C=O) groups excluding carboxylic acids is 2. The van der Waals surface area contributed by atoms with Crippen molar-refractivity contribution in [3.63, 3.8) is 0 Å². The number of amides is 2. The fraction of sp³-hybridized carbons (Fsp3) is 0.278. The van der Waals surface area contributed by atoms with Crippen molar-refractivity contribution >= 4 is 29.0 Å². The smallest absolute Gasteiger partial charge is 0.293 e. The molecule has 0 unspecified atom stereocenters. The summed E-state index contributed by atoms with van der Waals surface area (Å²) in [6, 6.07) is 5.78. The minimum absolute atomic E-state index is 0.132. The molecule has 3 rings (SSSR count). The van der Waals surface area contributed by atoms with Gasteiger partial charge in [0, 0.05) is 35.5 Å². The third-order valence-corrected chi connectivity index (χ3v) is 4.90. The molecule has 1 aliphatic rings. The van der Waals surface area contributed by atoms with Gasteiger partial charge in [0.1, 0.15) is 0 Å². The van der Waals surface area contributed by atoms with Crippen LogP contribution in [-0.2, 0) is 4.79 Å². The molecule has 0 atom stereocenters. The number of hydrogen-bond donors (Lipinski definition) is 0. The Morgan fingerprint density at radius 2 is 1.83 bits per heavy atom. The first-order valence-electron chi connectivity index (χ1n) is 7.76. The van der Waals surface area contributed by atoms with Crippen LogP contribution in [0.2, 0.25) is 0 Å². The van der Waals surface area contributed by atoms with Crippen LogP contribution in [-0.4, -0.2) is 31.6 Å². The standard InChI is InChI=1S/C18H19N3O2S/c1-11(2)20-17(22)16(24-18(20)23)10-14-9-12(3)21(13(14)4)15-5-7-19-8-6-15/h5-11H,1-4H3. The van der Waals surface area contributed by atoms with E-state index in [-0.39, 0.29) is 17.2 Å². The first kappa shape index (κ1) is 16.5. The lowest BCUT2D eigenvalue weighted by molar-refractivity contribution is -0.123. The molecule has 0 N–H and O–H groups in total. The van der Waals surface area contributed by atoms with Gasteiger partial charge in [-0.2, -0.15) is 0 Å². The van der Waals surface area contributed by atoms with Gasteiger partial charge in [0.05, 0.1) is 4.91 Å². The summed E-state index contributed by atoms with van der Waals surface area (Å²) in [6.07, 6.45) is 5.32. The number of hydrogen-bond acceptors (Lipinski definition) is 4. The largest absolute Gasteiger partial charge is 0.318 e. The summed E-state index contributed by atoms with van der Waals surface area (Å²) >= 11 is 1.00. The number of carbonyl (C=O) groups is 2. The highest BCUT2D eigenvalue weighted by atomic mass is 32.2. The Labute approximate surface area is 145 Å². The molecule has 6 heteroatoms. The fourth-order valence-corrected chi connectivity index (χ4v) is 3.84. The van der Waals surface area contributed by atoms with Gasteiger partial charge in [0.25, 0.3) is 11.1 Å². The Balaban J connectivity index is 2.01. The van der Waals surface area contributed by atoms with E-state index in [4.69, 9.17) is 0 Å². The highest BCUT2D eigenvalue weighted by molar-refractivity contribution is 8.18. The lowest BCUT2D eigenvalue weighted by Crippen LogP contribution is -2.34. The molecule has 0 saturated carbocycles. The van der Waals surface area contributed by atoms with Gasteiger partial charge in [-0.05, 0) is 69.3 Å². The van der Waals surface area contributed by atoms with Crippen molar-refractivity contribution in [3.05, 3.63) is 52.4 Å². The fourth-order valence-electron chi connectivity index (χ4n) is 2.89. The van der Waals surface area contributed by atoms with E-state index >= 15 is 0 Å². The maximum absolute atomic E-state index is 12.4. The van der Waals surface area contributed by atoms with Gasteiger partial charge >= 0.3 is 0 Å². The molecule has 124 valence electrons. The molecule has 0 bridgehead atoms. The van der Waals surface area contributed by atoms with Gasteiger partial charge in [0.15, 0.2) is 0 Å². The van der Waals surface area contributed by atoms with E-state index in [0.717, 1.165) is 34.4 Å². The second kappa shape index (κ2) is 6.28. The molecule has 2 amide bonds. The maximum atomic E-state index is 12.4. The molecule has 0 aromatic carbocycles. The third kappa shape index (κ3) is 2.78. The van der Waals surface area contributed by atoms with Gasteiger partial charge in [-0.25, -0.2) is 0 Å². The second-order valence-electron chi connectivity index (χ2n) is 6.01. The van der Waals surface area contributed by atoms with Gasteiger partial charge in [0.2, 0.25) is 0 Å². The van der Waals surface area contributed by atoms with E-state index in [2.05, 4.69) is 9.55 Å². The summed E-state index contributed by atoms with van der Waals surface area (Å²) in [5, 5.41) is -0.204. The normalized spacial score (nSPS) is 16.7. The average Bonchev–Trinajstić information content (AvgIpc) is 2.96. The molecule has 5 nitrogen and oxygen atoms in total. The van der Waals surface area contributed by atoms with Gasteiger partial charge in [-0.15, -0.1) is 0 Å². The minimum Gasteiger partial charge on any atom is -0.318 e. The van der Waals surface area contributed by atoms with Crippen LogP contribution in [0.5, 0.6) is 0 Å². The van der Waals surface area contributed by atoms with E-state index in [1.165, 1.54) is 4.90 Å². The number of aryl methyl sites for hydroxylation is 1. The lowest BCUT2D eigenvalue weighted by Gasteiger charge is -2.16. The van der Waals surface area contributed by atoms with Crippen molar-refractivity contribution in [1.29, 1.82) is 0 Å². The molecule has 1 fully saturated rings. The molecular formula is C18H19N3O2S. The monoisotopic (exact) mass is 341 g/mol. The van der Waals surface area contributed by atoms with Crippen LogP contribution in [0.4, 0.5) is 4.79 Å². The highest BCUT2D eigenvalue weighted by Crippen LogP contribution is 2.34. The molecule has 1 aliphatic heterocycles. The third-order valence-electron chi connectivity index (χ3n) is 4.02. The first-order valence-corrected chi connectivity index (χ1v) is 8.58. The first-order chi connectivity index (χ1) is 11.4. The van der Waals surface area contributed by atoms with Crippen LogP contribution in [0.25, 0.3) is 11.8 Å². The van der Waals surface area contributed by atoms with Crippen molar-refractivity contribution in [3.8, 4) is 5.69 Å². The summed E-state index contributed by atoms with van der Waals surface area (Å²) in [4.78, 5) is 30.3. The van der Waals surface area contributed by atoms with Crippen LogP contribution < -0.4 is 0 Å². The number of nitrogens with zero attached hydrogens (tertiary/aromatic N) is 3. The summed E-state index contributed by atoms with van der Waals surface area (Å²) in [5.41, 5.74) is 4.05. The lowest BCUT2D eigenvalue weighted by atomic mass is 10.2. The van der Waals surface area contributed by atoms with E-state index in [0.29, 0.717) is 4.91 Å². The van der Waals surface area contributed by atoms with E-state index in [1.807, 2.05) is 52.0 Å². The van der Waals surface area contributed by atoms with Gasteiger partial charge < -0.3 is 4.57 Å². The zero-order valence-corrected chi connectivity index (χ0v) is 14.9. The van der Waals surface area contributed by atoms with Crippen molar-refractivity contribution in [2.24, 2.45) is 0 Å². The van der Waals surface area contributed by atoms with Crippen molar-refractivity contribution in [2.75, 3.05) is 0 Å². The number of rotatable bonds is 3. The Morgan fingerprint density at radius 3 is 2.42 bits per heavy atom.